The minimum absolute atomic E-state index is 0.0691. The SMILES string of the molecule is CC(C)(C)c1cc2c3c(c1)CCc1c-3c(c3c4c5c(ncc4n4c6cnc7oc8c9c(cc(-c%10ccccc%10)c8c7c6c1c34)C1CC3CC(C1)CC9C3)oc1c3c(cc(-c4ccccc4)c15)C1CC4CC(C1)CC3C4)CC2. The number of nitrogens with zero attached hydrogens (tertiary/aromatic N) is 3. The van der Waals surface area contributed by atoms with Gasteiger partial charge in [0.15, 0.2) is 0 Å². The van der Waals surface area contributed by atoms with Crippen molar-refractivity contribution in [2.45, 2.75) is 140 Å². The lowest BCUT2D eigenvalue weighted by Gasteiger charge is -2.38. The summed E-state index contributed by atoms with van der Waals surface area (Å²) in [5, 5.41) is 10.4. The van der Waals surface area contributed by atoms with Gasteiger partial charge in [-0.3, -0.25) is 0 Å². The van der Waals surface area contributed by atoms with E-state index < -0.39 is 0 Å². The number of benzene rings is 6. The van der Waals surface area contributed by atoms with Crippen LogP contribution in [0, 0.1) is 23.7 Å². The molecule has 0 saturated heterocycles. The fourth-order valence-corrected chi connectivity index (χ4v) is 19.8. The van der Waals surface area contributed by atoms with E-state index in [0.717, 1.165) is 83.0 Å². The van der Waals surface area contributed by atoms with Gasteiger partial charge >= 0.3 is 0 Å². The van der Waals surface area contributed by atoms with E-state index in [9.17, 15) is 0 Å². The quantitative estimate of drug-likeness (QED) is 0.173. The van der Waals surface area contributed by atoms with Crippen molar-refractivity contribution in [3.05, 3.63) is 147 Å². The number of aromatic nitrogens is 3. The van der Waals surface area contributed by atoms with Crippen LogP contribution >= 0.6 is 0 Å². The monoisotopic (exact) mass is 999 g/mol. The van der Waals surface area contributed by atoms with Gasteiger partial charge in [-0.15, -0.1) is 0 Å². The normalized spacial score (nSPS) is 25.6. The molecule has 0 aliphatic heterocycles. The molecule has 4 fully saturated rings. The molecule has 4 atom stereocenters. The van der Waals surface area contributed by atoms with Crippen LogP contribution in [0.5, 0.6) is 0 Å². The van der Waals surface area contributed by atoms with Gasteiger partial charge in [0.05, 0.1) is 39.7 Å². The smallest absolute Gasteiger partial charge is 0.228 e. The molecule has 22 rings (SSSR count). The van der Waals surface area contributed by atoms with Crippen molar-refractivity contribution in [2.24, 2.45) is 23.7 Å². The third-order valence-electron chi connectivity index (χ3n) is 22.4. The van der Waals surface area contributed by atoms with E-state index in [2.05, 4.69) is 122 Å². The summed E-state index contributed by atoms with van der Waals surface area (Å²) >= 11 is 0. The molecule has 0 N–H and O–H groups in total. The molecule has 6 aromatic carbocycles. The molecule has 6 heterocycles. The van der Waals surface area contributed by atoms with Gasteiger partial charge in [0.1, 0.15) is 11.2 Å². The Kier molecular flexibility index (Phi) is 7.76. The van der Waals surface area contributed by atoms with Gasteiger partial charge in [0.25, 0.3) is 0 Å². The third-order valence-corrected chi connectivity index (χ3v) is 22.4. The highest BCUT2D eigenvalue weighted by Crippen LogP contribution is 2.63. The zero-order valence-corrected chi connectivity index (χ0v) is 44.4. The highest BCUT2D eigenvalue weighted by molar-refractivity contribution is 6.39. The first kappa shape index (κ1) is 42.1. The van der Waals surface area contributed by atoms with Gasteiger partial charge in [-0.25, -0.2) is 9.97 Å². The standard InChI is InChI=1S/C72H61N3O2/c1-72(2,3)46-28-40-14-16-47-58-48(17-15-41(29-46)55(40)58)60-64-54(33-74-71-66(64)62-50(39-12-8-5-9-13-39)31-52-43-22-36-19-37(23-43)27-45(26-36)57(52)69(62)77-71)75-53-32-73-70-65(63(53)59(47)67(60)75)61-49(38-10-6-4-7-11-38)30-51-42-20-34-18-35(21-42)25-44(24-34)56(51)68(61)76-70/h4-13,28-37,42-45H,14-27H2,1-3H3. The molecule has 4 unspecified atom stereocenters. The van der Waals surface area contributed by atoms with Gasteiger partial charge in [-0.05, 0) is 227 Å². The van der Waals surface area contributed by atoms with Crippen LogP contribution in [0.25, 0.3) is 116 Å². The maximum atomic E-state index is 7.51. The lowest BCUT2D eigenvalue weighted by atomic mass is 9.67. The summed E-state index contributed by atoms with van der Waals surface area (Å²) in [4.78, 5) is 11.0. The molecule has 10 aliphatic rings. The minimum Gasteiger partial charge on any atom is -0.437 e. The zero-order valence-electron chi connectivity index (χ0n) is 44.4. The Balaban J connectivity index is 0.988. The van der Waals surface area contributed by atoms with E-state index in [-0.39, 0.29) is 5.41 Å². The maximum Gasteiger partial charge on any atom is 0.228 e. The molecule has 12 aromatic rings. The topological polar surface area (TPSA) is 56.5 Å². The minimum atomic E-state index is 0.0691. The number of hydrogen-bond donors (Lipinski definition) is 0. The van der Waals surface area contributed by atoms with Crippen LogP contribution in [0.1, 0.15) is 159 Å². The van der Waals surface area contributed by atoms with Crippen molar-refractivity contribution in [3.8, 4) is 33.4 Å². The highest BCUT2D eigenvalue weighted by atomic mass is 16.3. The second-order valence-corrected chi connectivity index (χ2v) is 27.4. The summed E-state index contributed by atoms with van der Waals surface area (Å²) in [7, 11) is 0. The van der Waals surface area contributed by atoms with E-state index >= 15 is 0 Å². The van der Waals surface area contributed by atoms with E-state index in [1.54, 1.807) is 11.1 Å². The van der Waals surface area contributed by atoms with E-state index in [1.165, 1.54) is 185 Å². The zero-order chi connectivity index (χ0) is 50.1. The van der Waals surface area contributed by atoms with Gasteiger partial charge < -0.3 is 13.2 Å². The molecule has 10 aliphatic carbocycles. The second kappa shape index (κ2) is 14.2. The van der Waals surface area contributed by atoms with Crippen molar-refractivity contribution in [1.82, 2.24) is 14.4 Å². The fraction of sp³-hybridized carbons (Fsp3) is 0.361. The summed E-state index contributed by atoms with van der Waals surface area (Å²) in [6, 6.07) is 33.1. The molecule has 6 aromatic heterocycles. The number of fused-ring (bicyclic) bond motifs is 16. The van der Waals surface area contributed by atoms with Crippen molar-refractivity contribution in [3.63, 3.8) is 0 Å². The Morgan fingerprint density at radius 3 is 1.34 bits per heavy atom. The van der Waals surface area contributed by atoms with Crippen LogP contribution in [0.2, 0.25) is 0 Å². The van der Waals surface area contributed by atoms with Crippen LogP contribution in [-0.4, -0.2) is 14.4 Å². The summed E-state index contributed by atoms with van der Waals surface area (Å²) in [5.41, 5.74) is 29.4. The second-order valence-electron chi connectivity index (χ2n) is 27.4. The average molecular weight is 1000 g/mol. The first-order valence-corrected chi connectivity index (χ1v) is 29.9. The van der Waals surface area contributed by atoms with Gasteiger partial charge in [-0.1, -0.05) is 93.6 Å². The summed E-state index contributed by atoms with van der Waals surface area (Å²) < 4.78 is 17.7. The van der Waals surface area contributed by atoms with Crippen LogP contribution in [0.4, 0.5) is 0 Å². The predicted octanol–water partition coefficient (Wildman–Crippen LogP) is 18.7. The van der Waals surface area contributed by atoms with Gasteiger partial charge in [0, 0.05) is 43.4 Å². The molecular formula is C72H61N3O2. The molecule has 0 amide bonds. The Morgan fingerprint density at radius 1 is 0.455 bits per heavy atom. The Hall–Kier alpha value is -6.98. The molecule has 8 bridgehead atoms. The molecule has 77 heavy (non-hydrogen) atoms. The third kappa shape index (κ3) is 5.25. The molecule has 5 heteroatoms. The number of hydrogen-bond acceptors (Lipinski definition) is 4. The van der Waals surface area contributed by atoms with Crippen molar-refractivity contribution in [1.29, 1.82) is 0 Å². The van der Waals surface area contributed by atoms with Crippen molar-refractivity contribution < 1.29 is 8.83 Å². The summed E-state index contributed by atoms with van der Waals surface area (Å²) in [5.74, 6) is 5.50. The van der Waals surface area contributed by atoms with Gasteiger partial charge in [-0.2, -0.15) is 0 Å². The molecule has 376 valence electrons. The van der Waals surface area contributed by atoms with Gasteiger partial charge in [0.2, 0.25) is 11.4 Å². The van der Waals surface area contributed by atoms with Crippen LogP contribution in [0.3, 0.4) is 0 Å². The Morgan fingerprint density at radius 2 is 0.896 bits per heavy atom. The predicted molar refractivity (Wildman–Crippen MR) is 312 cm³/mol. The van der Waals surface area contributed by atoms with Crippen molar-refractivity contribution in [2.75, 3.05) is 0 Å². The number of pyridine rings is 2. The summed E-state index contributed by atoms with van der Waals surface area (Å²) in [6.07, 6.45) is 21.7. The Labute approximate surface area is 447 Å². The lowest BCUT2D eigenvalue weighted by molar-refractivity contribution is 0.166. The number of furan rings is 2. The molecule has 4 saturated carbocycles. The van der Waals surface area contributed by atoms with Crippen LogP contribution in [0.15, 0.2) is 106 Å². The molecule has 0 spiro atoms. The van der Waals surface area contributed by atoms with E-state index in [4.69, 9.17) is 18.8 Å². The molecule has 5 nitrogen and oxygen atoms in total. The molecular weight excluding hydrogens is 939 g/mol. The fourth-order valence-electron chi connectivity index (χ4n) is 19.8. The van der Waals surface area contributed by atoms with Crippen molar-refractivity contribution >= 4 is 82.2 Å². The van der Waals surface area contributed by atoms with Crippen LogP contribution < -0.4 is 0 Å². The maximum absolute atomic E-state index is 7.51. The van der Waals surface area contributed by atoms with E-state index in [1.807, 2.05) is 0 Å². The number of rotatable bonds is 2. The van der Waals surface area contributed by atoms with E-state index in [0.29, 0.717) is 23.7 Å². The first-order chi connectivity index (χ1) is 37.8. The lowest BCUT2D eigenvalue weighted by Crippen LogP contribution is -2.25. The first-order valence-electron chi connectivity index (χ1n) is 29.9. The number of aryl methyl sites for hydroxylation is 4. The average Bonchev–Trinajstić information content (AvgIpc) is 4.27. The van der Waals surface area contributed by atoms with Crippen LogP contribution in [-0.2, 0) is 31.1 Å². The largest absolute Gasteiger partial charge is 0.437 e. The Bertz CT molecular complexity index is 4370. The summed E-state index contributed by atoms with van der Waals surface area (Å²) in [6.45, 7) is 7.17. The highest BCUT2D eigenvalue weighted by Gasteiger charge is 2.47. The molecule has 0 radical (unpaired) electrons.